The molecule has 1 aromatic carbocycles. The summed E-state index contributed by atoms with van der Waals surface area (Å²) in [5.74, 6) is -0.182. The zero-order valence-corrected chi connectivity index (χ0v) is 12.8. The van der Waals surface area contributed by atoms with E-state index in [9.17, 15) is 9.18 Å². The largest absolute Gasteiger partial charge is 0.351 e. The van der Waals surface area contributed by atoms with Crippen molar-refractivity contribution < 1.29 is 9.18 Å². The molecule has 0 aliphatic heterocycles. The lowest BCUT2D eigenvalue weighted by atomic mass is 10.1. The lowest BCUT2D eigenvalue weighted by Crippen LogP contribution is -2.33. The van der Waals surface area contributed by atoms with Crippen LogP contribution >= 0.6 is 31.9 Å². The van der Waals surface area contributed by atoms with Gasteiger partial charge in [0.15, 0.2) is 0 Å². The van der Waals surface area contributed by atoms with Gasteiger partial charge < -0.3 is 5.32 Å². The number of nitrogens with one attached hydrogen (secondary N) is 1. The highest BCUT2D eigenvalue weighted by molar-refractivity contribution is 9.10. The number of carbonyl (C=O) groups excluding carboxylic acids is 1. The molecule has 17 heavy (non-hydrogen) atoms. The van der Waals surface area contributed by atoms with E-state index in [1.54, 1.807) is 6.07 Å². The molecule has 1 unspecified atom stereocenters. The maximum atomic E-state index is 13.0. The predicted octanol–water partition coefficient (Wildman–Crippen LogP) is 3.62. The van der Waals surface area contributed by atoms with Crippen molar-refractivity contribution in [2.24, 2.45) is 5.92 Å². The van der Waals surface area contributed by atoms with Crippen LogP contribution in [0.25, 0.3) is 0 Å². The van der Waals surface area contributed by atoms with Crippen LogP contribution in [0.15, 0.2) is 22.7 Å². The van der Waals surface area contributed by atoms with E-state index in [4.69, 9.17) is 0 Å². The van der Waals surface area contributed by atoms with Crippen LogP contribution in [0, 0.1) is 11.7 Å². The number of carbonyl (C=O) groups is 1. The average molecular weight is 367 g/mol. The summed E-state index contributed by atoms with van der Waals surface area (Å²) >= 11 is 6.63. The number of amides is 1. The van der Waals surface area contributed by atoms with E-state index in [1.807, 2.05) is 13.8 Å². The lowest BCUT2D eigenvalue weighted by molar-refractivity contribution is -0.121. The Labute approximate surface area is 117 Å². The molecule has 0 aliphatic rings. The molecule has 1 N–H and O–H groups in total. The number of alkyl halides is 1. The summed E-state index contributed by atoms with van der Waals surface area (Å²) in [6.07, 6.45) is 0. The van der Waals surface area contributed by atoms with Crippen LogP contribution in [-0.2, 0) is 11.3 Å². The van der Waals surface area contributed by atoms with E-state index in [1.165, 1.54) is 12.1 Å². The first-order chi connectivity index (χ1) is 7.91. The molecule has 0 saturated carbocycles. The van der Waals surface area contributed by atoms with Crippen molar-refractivity contribution in [2.45, 2.75) is 25.2 Å². The van der Waals surface area contributed by atoms with Gasteiger partial charge in [0.25, 0.3) is 0 Å². The summed E-state index contributed by atoms with van der Waals surface area (Å²) in [5.41, 5.74) is 0.724. The molecule has 5 heteroatoms. The Bertz CT molecular complexity index is 409. The minimum absolute atomic E-state index is 0.0869. The number of rotatable bonds is 4. The standard InChI is InChI=1S/C12H14Br2FNO/c1-7(2)11(14)12(17)16-6-8-5-9(15)3-4-10(8)13/h3-5,7,11H,6H2,1-2H3,(H,16,17). The predicted molar refractivity (Wildman–Crippen MR) is 73.5 cm³/mol. The summed E-state index contributed by atoms with van der Waals surface area (Å²) in [7, 11) is 0. The van der Waals surface area contributed by atoms with E-state index in [0.29, 0.717) is 6.54 Å². The van der Waals surface area contributed by atoms with Gasteiger partial charge in [-0.3, -0.25) is 4.79 Å². The van der Waals surface area contributed by atoms with Gasteiger partial charge in [-0.15, -0.1) is 0 Å². The molecule has 1 rings (SSSR count). The van der Waals surface area contributed by atoms with E-state index in [0.717, 1.165) is 10.0 Å². The fourth-order valence-corrected chi connectivity index (χ4v) is 1.81. The second-order valence-corrected chi connectivity index (χ2v) is 5.94. The van der Waals surface area contributed by atoms with Crippen molar-refractivity contribution in [1.82, 2.24) is 5.32 Å². The monoisotopic (exact) mass is 365 g/mol. The van der Waals surface area contributed by atoms with Gasteiger partial charge in [-0.25, -0.2) is 4.39 Å². The van der Waals surface area contributed by atoms with Crippen molar-refractivity contribution in [1.29, 1.82) is 0 Å². The van der Waals surface area contributed by atoms with Crippen LogP contribution < -0.4 is 5.32 Å². The third kappa shape index (κ3) is 4.39. The molecule has 0 fully saturated rings. The van der Waals surface area contributed by atoms with Crippen molar-refractivity contribution in [3.8, 4) is 0 Å². The van der Waals surface area contributed by atoms with Gasteiger partial charge in [0, 0.05) is 11.0 Å². The molecule has 0 spiro atoms. The summed E-state index contributed by atoms with van der Waals surface area (Å²) < 4.78 is 13.8. The molecule has 0 bridgehead atoms. The smallest absolute Gasteiger partial charge is 0.234 e. The topological polar surface area (TPSA) is 29.1 Å². The van der Waals surface area contributed by atoms with Gasteiger partial charge in [-0.05, 0) is 29.7 Å². The molecule has 0 saturated heterocycles. The Balaban J connectivity index is 2.61. The minimum Gasteiger partial charge on any atom is -0.351 e. The maximum Gasteiger partial charge on any atom is 0.234 e. The first-order valence-electron chi connectivity index (χ1n) is 5.27. The summed E-state index contributed by atoms with van der Waals surface area (Å²) in [4.78, 5) is 11.5. The molecule has 1 aromatic rings. The SMILES string of the molecule is CC(C)C(Br)C(=O)NCc1cc(F)ccc1Br. The third-order valence-electron chi connectivity index (χ3n) is 2.30. The zero-order valence-electron chi connectivity index (χ0n) is 9.64. The molecule has 1 atom stereocenters. The number of hydrogen-bond acceptors (Lipinski definition) is 1. The second kappa shape index (κ2) is 6.50. The van der Waals surface area contributed by atoms with Crippen LogP contribution in [0.1, 0.15) is 19.4 Å². The quantitative estimate of drug-likeness (QED) is 0.810. The van der Waals surface area contributed by atoms with Crippen LogP contribution in [0.2, 0.25) is 0 Å². The van der Waals surface area contributed by atoms with Crippen molar-refractivity contribution in [3.05, 3.63) is 34.1 Å². The first-order valence-corrected chi connectivity index (χ1v) is 6.98. The Hall–Kier alpha value is -0.420. The lowest BCUT2D eigenvalue weighted by Gasteiger charge is -2.14. The Morgan fingerprint density at radius 2 is 2.12 bits per heavy atom. The van der Waals surface area contributed by atoms with Crippen LogP contribution in [0.3, 0.4) is 0 Å². The third-order valence-corrected chi connectivity index (χ3v) is 4.54. The zero-order chi connectivity index (χ0) is 13.0. The average Bonchev–Trinajstić information content (AvgIpc) is 2.28. The van der Waals surface area contributed by atoms with E-state index in [2.05, 4.69) is 37.2 Å². The van der Waals surface area contributed by atoms with Crippen LogP contribution in [0.4, 0.5) is 4.39 Å². The summed E-state index contributed by atoms with van der Waals surface area (Å²) in [6, 6.07) is 4.41. The highest BCUT2D eigenvalue weighted by atomic mass is 79.9. The summed E-state index contributed by atoms with van der Waals surface area (Å²) in [6.45, 7) is 4.22. The van der Waals surface area contributed by atoms with Crippen LogP contribution in [-0.4, -0.2) is 10.7 Å². The molecular formula is C12H14Br2FNO. The van der Waals surface area contributed by atoms with E-state index < -0.39 is 0 Å². The summed E-state index contributed by atoms with van der Waals surface area (Å²) in [5, 5.41) is 2.77. The van der Waals surface area contributed by atoms with Gasteiger partial charge in [-0.2, -0.15) is 0 Å². The highest BCUT2D eigenvalue weighted by Gasteiger charge is 2.18. The fraction of sp³-hybridized carbons (Fsp3) is 0.417. The minimum atomic E-state index is -0.309. The van der Waals surface area contributed by atoms with E-state index in [-0.39, 0.29) is 22.5 Å². The number of halogens is 3. The second-order valence-electron chi connectivity index (χ2n) is 4.10. The molecule has 1 amide bonds. The Morgan fingerprint density at radius 3 is 2.71 bits per heavy atom. The maximum absolute atomic E-state index is 13.0. The molecule has 0 radical (unpaired) electrons. The molecule has 94 valence electrons. The molecule has 0 aliphatic carbocycles. The first kappa shape index (κ1) is 14.6. The van der Waals surface area contributed by atoms with Crippen molar-refractivity contribution >= 4 is 37.8 Å². The number of hydrogen-bond donors (Lipinski definition) is 1. The number of benzene rings is 1. The van der Waals surface area contributed by atoms with Crippen molar-refractivity contribution in [3.63, 3.8) is 0 Å². The molecule has 0 aromatic heterocycles. The Kier molecular flexibility index (Phi) is 5.59. The van der Waals surface area contributed by atoms with Crippen LogP contribution in [0.5, 0.6) is 0 Å². The van der Waals surface area contributed by atoms with Gasteiger partial charge >= 0.3 is 0 Å². The molecular weight excluding hydrogens is 353 g/mol. The van der Waals surface area contributed by atoms with Gasteiger partial charge in [0.2, 0.25) is 5.91 Å². The fourth-order valence-electron chi connectivity index (χ4n) is 1.26. The van der Waals surface area contributed by atoms with Crippen molar-refractivity contribution in [2.75, 3.05) is 0 Å². The van der Waals surface area contributed by atoms with E-state index >= 15 is 0 Å². The van der Waals surface area contributed by atoms with Gasteiger partial charge in [0.05, 0.1) is 4.83 Å². The molecule has 0 heterocycles. The Morgan fingerprint density at radius 1 is 1.47 bits per heavy atom. The molecule has 2 nitrogen and oxygen atoms in total. The van der Waals surface area contributed by atoms with Gasteiger partial charge in [0.1, 0.15) is 5.82 Å². The highest BCUT2D eigenvalue weighted by Crippen LogP contribution is 2.18. The normalized spacial score (nSPS) is 12.6. The van der Waals surface area contributed by atoms with Gasteiger partial charge in [-0.1, -0.05) is 45.7 Å².